The average Bonchev–Trinajstić information content (AvgIpc) is 3.47. The first kappa shape index (κ1) is 18.9. The molecule has 1 aliphatic heterocycles. The Balaban J connectivity index is 1.29. The molecule has 0 atom stereocenters. The lowest BCUT2D eigenvalue weighted by Gasteiger charge is -2.21. The zero-order valence-corrected chi connectivity index (χ0v) is 16.4. The number of carbonyl (C=O) groups is 1. The molecule has 0 spiro atoms. The van der Waals surface area contributed by atoms with Crippen molar-refractivity contribution in [2.75, 3.05) is 39.8 Å². The number of hydrogen-bond acceptors (Lipinski definition) is 5. The van der Waals surface area contributed by atoms with Crippen LogP contribution in [-0.4, -0.2) is 55.5 Å². The second kappa shape index (κ2) is 8.69. The summed E-state index contributed by atoms with van der Waals surface area (Å²) in [5.41, 5.74) is 0. The Bertz CT molecular complexity index is 782. The first-order valence-corrected chi connectivity index (χ1v) is 10.1. The van der Waals surface area contributed by atoms with Crippen LogP contribution in [0.15, 0.2) is 40.8 Å². The van der Waals surface area contributed by atoms with E-state index in [9.17, 15) is 4.79 Å². The van der Waals surface area contributed by atoms with Crippen molar-refractivity contribution >= 4 is 5.91 Å². The van der Waals surface area contributed by atoms with E-state index in [1.165, 1.54) is 19.4 Å². The molecule has 1 aliphatic carbocycles. The third kappa shape index (κ3) is 4.87. The molecule has 0 radical (unpaired) electrons. The summed E-state index contributed by atoms with van der Waals surface area (Å²) >= 11 is 0. The van der Waals surface area contributed by atoms with Crippen molar-refractivity contribution in [1.82, 2.24) is 9.80 Å². The number of rotatable bonds is 7. The Morgan fingerprint density at radius 1 is 1.04 bits per heavy atom. The zero-order chi connectivity index (χ0) is 19.3. The van der Waals surface area contributed by atoms with Gasteiger partial charge in [-0.15, -0.1) is 0 Å². The third-order valence-electron chi connectivity index (χ3n) is 5.40. The van der Waals surface area contributed by atoms with Gasteiger partial charge in [0.05, 0.1) is 7.11 Å². The fourth-order valence-electron chi connectivity index (χ4n) is 3.57. The minimum Gasteiger partial charge on any atom is -0.497 e. The van der Waals surface area contributed by atoms with Crippen LogP contribution in [0.2, 0.25) is 0 Å². The van der Waals surface area contributed by atoms with Crippen molar-refractivity contribution < 1.29 is 18.7 Å². The molecule has 2 heterocycles. The Morgan fingerprint density at radius 3 is 2.57 bits per heavy atom. The molecule has 0 N–H and O–H groups in total. The van der Waals surface area contributed by atoms with Gasteiger partial charge >= 0.3 is 0 Å². The number of nitrogens with zero attached hydrogens (tertiary/aromatic N) is 2. The van der Waals surface area contributed by atoms with Gasteiger partial charge in [-0.2, -0.15) is 0 Å². The lowest BCUT2D eigenvalue weighted by Crippen LogP contribution is -2.35. The molecule has 6 heteroatoms. The Labute approximate surface area is 166 Å². The van der Waals surface area contributed by atoms with E-state index in [1.807, 2.05) is 35.2 Å². The van der Waals surface area contributed by atoms with Crippen LogP contribution in [0.3, 0.4) is 0 Å². The number of amides is 1. The number of carbonyl (C=O) groups excluding carboxylic acids is 1. The summed E-state index contributed by atoms with van der Waals surface area (Å²) in [6.45, 7) is 5.07. The minimum absolute atomic E-state index is 0.0241. The number of methoxy groups -OCH3 is 1. The summed E-state index contributed by atoms with van der Waals surface area (Å²) in [6, 6.07) is 10.9. The largest absolute Gasteiger partial charge is 0.497 e. The molecule has 1 aromatic carbocycles. The van der Waals surface area contributed by atoms with Gasteiger partial charge in [0.2, 0.25) is 0 Å². The molecular formula is C22H28N2O4. The van der Waals surface area contributed by atoms with E-state index in [2.05, 4.69) is 4.90 Å². The van der Waals surface area contributed by atoms with Crippen LogP contribution < -0.4 is 9.47 Å². The second-order valence-corrected chi connectivity index (χ2v) is 7.62. The van der Waals surface area contributed by atoms with Gasteiger partial charge in [0, 0.05) is 26.2 Å². The van der Waals surface area contributed by atoms with Crippen LogP contribution in [0.4, 0.5) is 0 Å². The van der Waals surface area contributed by atoms with Crippen molar-refractivity contribution in [2.24, 2.45) is 5.92 Å². The van der Waals surface area contributed by atoms with Gasteiger partial charge in [-0.25, -0.2) is 0 Å². The molecule has 28 heavy (non-hydrogen) atoms. The zero-order valence-electron chi connectivity index (χ0n) is 16.4. The minimum atomic E-state index is -0.0241. The van der Waals surface area contributed by atoms with Crippen LogP contribution in [0.1, 0.15) is 35.6 Å². The predicted octanol–water partition coefficient (Wildman–Crippen LogP) is 3.43. The Hall–Kier alpha value is -2.47. The molecule has 2 aliphatic rings. The fourth-order valence-corrected chi connectivity index (χ4v) is 3.57. The molecular weight excluding hydrogens is 356 g/mol. The van der Waals surface area contributed by atoms with Crippen LogP contribution in [0.25, 0.3) is 0 Å². The summed E-state index contributed by atoms with van der Waals surface area (Å²) in [7, 11) is 1.63. The SMILES string of the molecule is COc1ccc(OCc2ccc(C(=O)N3CCCN(CC4CC4)CC3)o2)cc1. The van der Waals surface area contributed by atoms with E-state index in [0.29, 0.717) is 11.5 Å². The lowest BCUT2D eigenvalue weighted by atomic mass is 10.3. The Kier molecular flexibility index (Phi) is 5.86. The molecule has 2 fully saturated rings. The van der Waals surface area contributed by atoms with E-state index < -0.39 is 0 Å². The van der Waals surface area contributed by atoms with E-state index in [0.717, 1.165) is 50.0 Å². The highest BCUT2D eigenvalue weighted by atomic mass is 16.5. The quantitative estimate of drug-likeness (QED) is 0.732. The summed E-state index contributed by atoms with van der Waals surface area (Å²) in [5, 5.41) is 0. The van der Waals surface area contributed by atoms with Gasteiger partial charge in [-0.05, 0) is 68.1 Å². The van der Waals surface area contributed by atoms with Crippen molar-refractivity contribution in [1.29, 1.82) is 0 Å². The predicted molar refractivity (Wildman–Crippen MR) is 106 cm³/mol. The van der Waals surface area contributed by atoms with Gasteiger partial charge in [-0.1, -0.05) is 0 Å². The highest BCUT2D eigenvalue weighted by molar-refractivity contribution is 5.91. The maximum Gasteiger partial charge on any atom is 0.289 e. The lowest BCUT2D eigenvalue weighted by molar-refractivity contribution is 0.0725. The molecule has 0 bridgehead atoms. The number of ether oxygens (including phenoxy) is 2. The molecule has 0 unspecified atom stereocenters. The van der Waals surface area contributed by atoms with Gasteiger partial charge in [0.15, 0.2) is 5.76 Å². The summed E-state index contributed by atoms with van der Waals surface area (Å²) in [4.78, 5) is 17.2. The van der Waals surface area contributed by atoms with Crippen LogP contribution in [0.5, 0.6) is 11.5 Å². The molecule has 2 aromatic rings. The topological polar surface area (TPSA) is 55.2 Å². The monoisotopic (exact) mass is 384 g/mol. The molecule has 1 saturated carbocycles. The van der Waals surface area contributed by atoms with Gasteiger partial charge < -0.3 is 23.7 Å². The van der Waals surface area contributed by atoms with Crippen LogP contribution in [-0.2, 0) is 6.61 Å². The van der Waals surface area contributed by atoms with E-state index in [4.69, 9.17) is 13.9 Å². The smallest absolute Gasteiger partial charge is 0.289 e. The van der Waals surface area contributed by atoms with Crippen molar-refractivity contribution in [3.05, 3.63) is 47.9 Å². The summed E-state index contributed by atoms with van der Waals surface area (Å²) < 4.78 is 16.6. The maximum atomic E-state index is 12.8. The van der Waals surface area contributed by atoms with Gasteiger partial charge in [-0.3, -0.25) is 4.79 Å². The molecule has 150 valence electrons. The first-order valence-electron chi connectivity index (χ1n) is 10.1. The average molecular weight is 384 g/mol. The van der Waals surface area contributed by atoms with E-state index in [-0.39, 0.29) is 12.5 Å². The molecule has 1 aromatic heterocycles. The first-order chi connectivity index (χ1) is 13.7. The summed E-state index contributed by atoms with van der Waals surface area (Å²) in [6.07, 6.45) is 3.76. The molecule has 1 amide bonds. The van der Waals surface area contributed by atoms with Crippen molar-refractivity contribution in [3.63, 3.8) is 0 Å². The maximum absolute atomic E-state index is 12.8. The molecule has 6 nitrogen and oxygen atoms in total. The summed E-state index contributed by atoms with van der Waals surface area (Å²) in [5.74, 6) is 3.41. The normalized spacial score (nSPS) is 18.0. The van der Waals surface area contributed by atoms with E-state index in [1.54, 1.807) is 13.2 Å². The Morgan fingerprint density at radius 2 is 1.82 bits per heavy atom. The highest BCUT2D eigenvalue weighted by Gasteiger charge is 2.27. The number of hydrogen-bond donors (Lipinski definition) is 0. The van der Waals surface area contributed by atoms with Crippen LogP contribution >= 0.6 is 0 Å². The van der Waals surface area contributed by atoms with Crippen molar-refractivity contribution in [2.45, 2.75) is 25.9 Å². The molecule has 1 saturated heterocycles. The van der Waals surface area contributed by atoms with Crippen molar-refractivity contribution in [3.8, 4) is 11.5 Å². The van der Waals surface area contributed by atoms with E-state index >= 15 is 0 Å². The number of benzene rings is 1. The fraction of sp³-hybridized carbons (Fsp3) is 0.500. The number of furan rings is 1. The van der Waals surface area contributed by atoms with Gasteiger partial charge in [0.1, 0.15) is 23.9 Å². The highest BCUT2D eigenvalue weighted by Crippen LogP contribution is 2.30. The molecule has 4 rings (SSSR count). The second-order valence-electron chi connectivity index (χ2n) is 7.62. The van der Waals surface area contributed by atoms with Gasteiger partial charge in [0.25, 0.3) is 5.91 Å². The van der Waals surface area contributed by atoms with Crippen LogP contribution in [0, 0.1) is 5.92 Å². The third-order valence-corrected chi connectivity index (χ3v) is 5.40. The standard InChI is InChI=1S/C22H28N2O4/c1-26-18-5-7-19(8-6-18)27-16-20-9-10-21(28-20)22(25)24-12-2-11-23(13-14-24)15-17-3-4-17/h5-10,17H,2-4,11-16H2,1H3.